The highest BCUT2D eigenvalue weighted by atomic mass is 32.2. The number of unbranched alkanes of at least 4 members (excludes halogenated alkanes) is 1. The standard InChI is InChI=1S/C17H25NO5S/c1-4-6-11-23-17(20)14-7-9-15(10-8-14)18-16(19)13(3)24(21,22)12-5-2/h7-10,13H,4-6,11-12H2,1-3H3,(H,18,19). The van der Waals surface area contributed by atoms with Crippen molar-refractivity contribution < 1.29 is 22.7 Å². The Balaban J connectivity index is 2.67. The van der Waals surface area contributed by atoms with Gasteiger partial charge in [0.25, 0.3) is 0 Å². The summed E-state index contributed by atoms with van der Waals surface area (Å²) in [5, 5.41) is 1.44. The summed E-state index contributed by atoms with van der Waals surface area (Å²) in [4.78, 5) is 23.8. The van der Waals surface area contributed by atoms with E-state index in [9.17, 15) is 18.0 Å². The monoisotopic (exact) mass is 355 g/mol. The first kappa shape index (κ1) is 20.2. The van der Waals surface area contributed by atoms with E-state index in [1.54, 1.807) is 19.1 Å². The van der Waals surface area contributed by atoms with Gasteiger partial charge in [0, 0.05) is 5.69 Å². The van der Waals surface area contributed by atoms with Crippen molar-refractivity contribution in [3.8, 4) is 0 Å². The maximum absolute atomic E-state index is 12.0. The largest absolute Gasteiger partial charge is 0.462 e. The summed E-state index contributed by atoms with van der Waals surface area (Å²) >= 11 is 0. The van der Waals surface area contributed by atoms with E-state index in [1.807, 2.05) is 6.92 Å². The smallest absolute Gasteiger partial charge is 0.338 e. The van der Waals surface area contributed by atoms with Gasteiger partial charge in [0.05, 0.1) is 17.9 Å². The van der Waals surface area contributed by atoms with Gasteiger partial charge in [-0.2, -0.15) is 0 Å². The minimum Gasteiger partial charge on any atom is -0.462 e. The van der Waals surface area contributed by atoms with E-state index < -0.39 is 27.0 Å². The quantitative estimate of drug-likeness (QED) is 0.543. The van der Waals surface area contributed by atoms with Crippen LogP contribution in [0.5, 0.6) is 0 Å². The minimum absolute atomic E-state index is 0.0237. The lowest BCUT2D eigenvalue weighted by Gasteiger charge is -2.13. The number of benzene rings is 1. The number of hydrogen-bond acceptors (Lipinski definition) is 5. The molecule has 6 nitrogen and oxygen atoms in total. The van der Waals surface area contributed by atoms with Crippen LogP contribution in [0.25, 0.3) is 0 Å². The number of amides is 1. The summed E-state index contributed by atoms with van der Waals surface area (Å²) in [7, 11) is -3.45. The molecule has 24 heavy (non-hydrogen) atoms. The van der Waals surface area contributed by atoms with E-state index in [-0.39, 0.29) is 5.75 Å². The topological polar surface area (TPSA) is 89.5 Å². The van der Waals surface area contributed by atoms with Crippen molar-refractivity contribution in [1.82, 2.24) is 0 Å². The van der Waals surface area contributed by atoms with Gasteiger partial charge in [0.1, 0.15) is 5.25 Å². The van der Waals surface area contributed by atoms with Crippen LogP contribution >= 0.6 is 0 Å². The van der Waals surface area contributed by atoms with Crippen LogP contribution in [0, 0.1) is 0 Å². The van der Waals surface area contributed by atoms with Crippen LogP contribution in [-0.4, -0.2) is 37.9 Å². The van der Waals surface area contributed by atoms with Crippen molar-refractivity contribution in [2.45, 2.75) is 45.3 Å². The Morgan fingerprint density at radius 1 is 1.12 bits per heavy atom. The van der Waals surface area contributed by atoms with E-state index in [4.69, 9.17) is 4.74 Å². The molecule has 0 saturated heterocycles. The second-order valence-electron chi connectivity index (χ2n) is 5.57. The van der Waals surface area contributed by atoms with Gasteiger partial charge in [0.2, 0.25) is 5.91 Å². The molecule has 0 heterocycles. The molecule has 1 aromatic rings. The first-order chi connectivity index (χ1) is 11.3. The molecule has 1 unspecified atom stereocenters. The van der Waals surface area contributed by atoms with Gasteiger partial charge in [-0.05, 0) is 44.0 Å². The maximum Gasteiger partial charge on any atom is 0.338 e. The van der Waals surface area contributed by atoms with E-state index in [0.29, 0.717) is 24.3 Å². The van der Waals surface area contributed by atoms with Crippen molar-refractivity contribution in [2.24, 2.45) is 0 Å². The van der Waals surface area contributed by atoms with Gasteiger partial charge >= 0.3 is 5.97 Å². The summed E-state index contributed by atoms with van der Waals surface area (Å²) in [6, 6.07) is 6.17. The Labute approximate surface area is 143 Å². The number of esters is 1. The molecular weight excluding hydrogens is 330 g/mol. The van der Waals surface area contributed by atoms with Gasteiger partial charge in [-0.1, -0.05) is 20.3 Å². The number of nitrogens with one attached hydrogen (secondary N) is 1. The van der Waals surface area contributed by atoms with Crippen molar-refractivity contribution in [3.05, 3.63) is 29.8 Å². The predicted octanol–water partition coefficient (Wildman–Crippen LogP) is 2.80. The highest BCUT2D eigenvalue weighted by Crippen LogP contribution is 2.13. The lowest BCUT2D eigenvalue weighted by molar-refractivity contribution is -0.115. The fourth-order valence-electron chi connectivity index (χ4n) is 1.95. The number of hydrogen-bond donors (Lipinski definition) is 1. The normalized spacial score (nSPS) is 12.5. The zero-order valence-electron chi connectivity index (χ0n) is 14.4. The van der Waals surface area contributed by atoms with Crippen molar-refractivity contribution >= 4 is 27.4 Å². The summed E-state index contributed by atoms with van der Waals surface area (Å²) in [6.45, 7) is 5.51. The molecule has 0 spiro atoms. The zero-order valence-corrected chi connectivity index (χ0v) is 15.2. The Morgan fingerprint density at radius 3 is 2.29 bits per heavy atom. The molecule has 0 saturated carbocycles. The van der Waals surface area contributed by atoms with E-state index >= 15 is 0 Å². The van der Waals surface area contributed by atoms with Gasteiger partial charge in [-0.25, -0.2) is 13.2 Å². The number of rotatable bonds is 9. The average Bonchev–Trinajstić information content (AvgIpc) is 2.54. The van der Waals surface area contributed by atoms with Crippen LogP contribution in [0.4, 0.5) is 5.69 Å². The molecule has 0 aliphatic rings. The lowest BCUT2D eigenvalue weighted by Crippen LogP contribution is -2.34. The molecule has 1 amide bonds. The molecular formula is C17H25NO5S. The summed E-state index contributed by atoms with van der Waals surface area (Å²) in [6.07, 6.45) is 2.22. The van der Waals surface area contributed by atoms with Crippen LogP contribution in [-0.2, 0) is 19.4 Å². The first-order valence-electron chi connectivity index (χ1n) is 8.11. The summed E-state index contributed by atoms with van der Waals surface area (Å²) < 4.78 is 28.9. The molecule has 0 bridgehead atoms. The molecule has 7 heteroatoms. The second kappa shape index (κ2) is 9.42. The van der Waals surface area contributed by atoms with Crippen molar-refractivity contribution in [3.63, 3.8) is 0 Å². The maximum atomic E-state index is 12.0. The van der Waals surface area contributed by atoms with Crippen LogP contribution in [0.3, 0.4) is 0 Å². The third-order valence-electron chi connectivity index (χ3n) is 3.52. The van der Waals surface area contributed by atoms with Gasteiger partial charge in [-0.3, -0.25) is 4.79 Å². The third kappa shape index (κ3) is 5.96. The number of carbonyl (C=O) groups excluding carboxylic acids is 2. The molecule has 134 valence electrons. The SMILES string of the molecule is CCCCOC(=O)c1ccc(NC(=O)C(C)S(=O)(=O)CCC)cc1. The molecule has 0 aliphatic heterocycles. The lowest BCUT2D eigenvalue weighted by atomic mass is 10.2. The number of ether oxygens (including phenoxy) is 1. The highest BCUT2D eigenvalue weighted by molar-refractivity contribution is 7.92. The molecule has 1 atom stereocenters. The molecule has 1 rings (SSSR count). The number of anilines is 1. The summed E-state index contributed by atoms with van der Waals surface area (Å²) in [5.74, 6) is -1.02. The highest BCUT2D eigenvalue weighted by Gasteiger charge is 2.27. The Bertz CT molecular complexity index is 652. The zero-order chi connectivity index (χ0) is 18.2. The Morgan fingerprint density at radius 2 is 1.75 bits per heavy atom. The van der Waals surface area contributed by atoms with Crippen LogP contribution < -0.4 is 5.32 Å². The molecule has 0 fully saturated rings. The Kier molecular flexibility index (Phi) is 7.91. The van der Waals surface area contributed by atoms with Gasteiger partial charge in [-0.15, -0.1) is 0 Å². The number of carbonyl (C=O) groups is 2. The molecule has 0 aromatic heterocycles. The van der Waals surface area contributed by atoms with Crippen LogP contribution in [0.2, 0.25) is 0 Å². The molecule has 1 aromatic carbocycles. The van der Waals surface area contributed by atoms with Gasteiger partial charge < -0.3 is 10.1 Å². The molecule has 1 N–H and O–H groups in total. The Hall–Kier alpha value is -1.89. The minimum atomic E-state index is -3.45. The van der Waals surface area contributed by atoms with E-state index in [1.165, 1.54) is 19.1 Å². The third-order valence-corrected chi connectivity index (χ3v) is 5.78. The van der Waals surface area contributed by atoms with Crippen molar-refractivity contribution in [1.29, 1.82) is 0 Å². The predicted molar refractivity (Wildman–Crippen MR) is 93.8 cm³/mol. The molecule has 0 radical (unpaired) electrons. The van der Waals surface area contributed by atoms with Crippen LogP contribution in [0.15, 0.2) is 24.3 Å². The molecule has 0 aliphatic carbocycles. The summed E-state index contributed by atoms with van der Waals surface area (Å²) in [5.41, 5.74) is 0.819. The average molecular weight is 355 g/mol. The van der Waals surface area contributed by atoms with E-state index in [0.717, 1.165) is 12.8 Å². The van der Waals surface area contributed by atoms with Gasteiger partial charge in [0.15, 0.2) is 9.84 Å². The second-order valence-corrected chi connectivity index (χ2v) is 8.01. The first-order valence-corrected chi connectivity index (χ1v) is 9.83. The van der Waals surface area contributed by atoms with E-state index in [2.05, 4.69) is 5.32 Å². The fourth-order valence-corrected chi connectivity index (χ4v) is 3.26. The van der Waals surface area contributed by atoms with Crippen LogP contribution in [0.1, 0.15) is 50.4 Å². The van der Waals surface area contributed by atoms with Crippen molar-refractivity contribution in [2.75, 3.05) is 17.7 Å². The fraction of sp³-hybridized carbons (Fsp3) is 0.529. The number of sulfone groups is 1.